The third-order valence-corrected chi connectivity index (χ3v) is 12.2. The normalized spacial score (nSPS) is 15.3. The molecule has 5 heteroatoms. The third-order valence-electron chi connectivity index (χ3n) is 12.2. The van der Waals surface area contributed by atoms with Crippen LogP contribution in [0.4, 0.5) is 34.1 Å². The van der Waals surface area contributed by atoms with Crippen LogP contribution in [0.5, 0.6) is 0 Å². The van der Waals surface area contributed by atoms with E-state index >= 15 is 0 Å². The molecule has 0 atom stereocenters. The number of fused-ring (bicyclic) bond motifs is 16. The van der Waals surface area contributed by atoms with Crippen molar-refractivity contribution in [2.24, 2.45) is 0 Å². The Morgan fingerprint density at radius 1 is 0.439 bits per heavy atom. The summed E-state index contributed by atoms with van der Waals surface area (Å²) in [5.74, 6) is 0. The minimum Gasteiger partial charge on any atom is -0.455 e. The number of nitrogens with zero attached hydrogens (tertiary/aromatic N) is 2. The van der Waals surface area contributed by atoms with Gasteiger partial charge in [-0.2, -0.15) is 0 Å². The van der Waals surface area contributed by atoms with E-state index < -0.39 is 20.4 Å². The molecule has 9 aromatic carbocycles. The van der Waals surface area contributed by atoms with Crippen LogP contribution in [-0.2, 0) is 0 Å². The Labute approximate surface area is 337 Å². The second-order valence-corrected chi connectivity index (χ2v) is 15.1. The molecule has 11 aromatic rings. The highest BCUT2D eigenvalue weighted by atomic mass is 16.3. The van der Waals surface area contributed by atoms with Crippen molar-refractivity contribution in [3.05, 3.63) is 175 Å². The largest absolute Gasteiger partial charge is 0.455 e. The SMILES string of the molecule is [2H]C([2H])([2H])c1cc2c(c3c1oc1c4ccccc4ccc13)N(c1ccccc1)c1cccc3c1B2c1cc(C([2H])([2H])[2H])c2oc4c5ccccc5ccc4c2c1N3c1ccccc1. The van der Waals surface area contributed by atoms with Gasteiger partial charge in [-0.25, -0.2) is 0 Å². The average molecular weight is 735 g/mol. The highest BCUT2D eigenvalue weighted by molar-refractivity contribution is 7.01. The first kappa shape index (κ1) is 25.8. The van der Waals surface area contributed by atoms with E-state index in [9.17, 15) is 0 Å². The summed E-state index contributed by atoms with van der Waals surface area (Å²) in [6.45, 7) is -5.76. The van der Waals surface area contributed by atoms with Crippen LogP contribution >= 0.6 is 0 Å². The highest BCUT2D eigenvalue weighted by Gasteiger charge is 2.46. The summed E-state index contributed by atoms with van der Waals surface area (Å²) in [4.78, 5) is 4.47. The number of hydrogen-bond donors (Lipinski definition) is 0. The smallest absolute Gasteiger partial charge is 0.252 e. The number of furan rings is 2. The summed E-state index contributed by atoms with van der Waals surface area (Å²) in [5.41, 5.74) is 9.50. The fourth-order valence-electron chi connectivity index (χ4n) is 9.93. The maximum atomic E-state index is 9.06. The second kappa shape index (κ2) is 11.2. The quantitative estimate of drug-likeness (QED) is 0.166. The lowest BCUT2D eigenvalue weighted by Gasteiger charge is -2.44. The first-order valence-corrected chi connectivity index (χ1v) is 19.2. The van der Waals surface area contributed by atoms with Crippen molar-refractivity contribution in [2.75, 3.05) is 9.80 Å². The zero-order valence-corrected chi connectivity index (χ0v) is 30.4. The number of hydrogen-bond acceptors (Lipinski definition) is 4. The van der Waals surface area contributed by atoms with E-state index in [1.54, 1.807) is 12.1 Å². The molecule has 0 amide bonds. The maximum absolute atomic E-state index is 9.06. The van der Waals surface area contributed by atoms with Crippen LogP contribution in [0.1, 0.15) is 19.4 Å². The Kier molecular flexibility index (Phi) is 5.05. The zero-order valence-electron chi connectivity index (χ0n) is 36.4. The summed E-state index contributed by atoms with van der Waals surface area (Å²) in [6.07, 6.45) is 0. The standard InChI is InChI=1S/C52H33BN2O2/c1-30-28-40-47(44-38-26-24-32-14-9-11-20-36(32)51(38)56-49(30)44)54(34-16-5-3-6-17-34)42-22-13-23-43-46(42)53(40)41-29-31(2)50-45(48(41)55(43)35-18-7-4-8-19-35)39-27-25-33-15-10-12-21-37(33)52(39)57-50/h3-29H,1-2H3/i1D3,2D3. The Morgan fingerprint density at radius 3 is 1.37 bits per heavy atom. The first-order valence-electron chi connectivity index (χ1n) is 22.2. The van der Waals surface area contributed by atoms with E-state index in [2.05, 4.69) is 64.4 Å². The number of benzene rings is 9. The molecule has 2 aromatic heterocycles. The molecule has 0 aliphatic carbocycles. The van der Waals surface area contributed by atoms with Gasteiger partial charge in [-0.15, -0.1) is 0 Å². The Morgan fingerprint density at radius 2 is 0.895 bits per heavy atom. The minimum absolute atomic E-state index is 0.0925. The number of para-hydroxylation sites is 2. The van der Waals surface area contributed by atoms with Gasteiger partial charge in [-0.1, -0.05) is 115 Å². The highest BCUT2D eigenvalue weighted by Crippen LogP contribution is 2.51. The molecule has 0 radical (unpaired) electrons. The summed E-state index contributed by atoms with van der Waals surface area (Å²) < 4.78 is 68.0. The van der Waals surface area contributed by atoms with E-state index in [1.165, 1.54) is 0 Å². The molecule has 57 heavy (non-hydrogen) atoms. The maximum Gasteiger partial charge on any atom is 0.252 e. The molecule has 0 bridgehead atoms. The molecule has 2 aliphatic heterocycles. The summed E-state index contributed by atoms with van der Waals surface area (Å²) in [6, 6.07) is 54.3. The van der Waals surface area contributed by atoms with E-state index in [4.69, 9.17) is 17.1 Å². The van der Waals surface area contributed by atoms with Crippen molar-refractivity contribution < 1.29 is 17.1 Å². The van der Waals surface area contributed by atoms with E-state index in [1.807, 2.05) is 97.1 Å². The van der Waals surface area contributed by atoms with Gasteiger partial charge in [-0.05, 0) is 101 Å². The van der Waals surface area contributed by atoms with E-state index in [-0.39, 0.29) is 11.1 Å². The lowest BCUT2D eigenvalue weighted by atomic mass is 9.33. The number of anilines is 6. The van der Waals surface area contributed by atoms with Crippen molar-refractivity contribution in [2.45, 2.75) is 13.7 Å². The van der Waals surface area contributed by atoms with Gasteiger partial charge in [-0.3, -0.25) is 0 Å². The van der Waals surface area contributed by atoms with Crippen LogP contribution in [0.2, 0.25) is 0 Å². The Bertz CT molecular complexity index is 3510. The van der Waals surface area contributed by atoms with Gasteiger partial charge >= 0.3 is 0 Å². The average Bonchev–Trinajstić information content (AvgIpc) is 3.88. The van der Waals surface area contributed by atoms with Gasteiger partial charge < -0.3 is 18.6 Å². The summed E-state index contributed by atoms with van der Waals surface area (Å²) in [7, 11) is 0. The predicted octanol–water partition coefficient (Wildman–Crippen LogP) is 12.5. The zero-order chi connectivity index (χ0) is 42.5. The molecule has 0 fully saturated rings. The topological polar surface area (TPSA) is 32.8 Å². The Balaban J connectivity index is 1.26. The van der Waals surface area contributed by atoms with E-state index in [0.717, 1.165) is 82.8 Å². The van der Waals surface area contributed by atoms with E-state index in [0.29, 0.717) is 33.1 Å². The molecule has 0 saturated heterocycles. The van der Waals surface area contributed by atoms with Crippen molar-refractivity contribution in [1.29, 1.82) is 0 Å². The van der Waals surface area contributed by atoms with Crippen LogP contribution in [0, 0.1) is 13.7 Å². The van der Waals surface area contributed by atoms with Crippen LogP contribution in [0.3, 0.4) is 0 Å². The summed E-state index contributed by atoms with van der Waals surface area (Å²) in [5, 5.41) is 6.67. The third kappa shape index (κ3) is 4.03. The molecule has 0 N–H and O–H groups in total. The van der Waals surface area contributed by atoms with Crippen molar-refractivity contribution in [1.82, 2.24) is 0 Å². The van der Waals surface area contributed by atoms with Crippen LogP contribution < -0.4 is 26.2 Å². The molecule has 0 spiro atoms. The van der Waals surface area contributed by atoms with Crippen molar-refractivity contribution in [3.8, 4) is 0 Å². The lowest BCUT2D eigenvalue weighted by molar-refractivity contribution is 0.669. The molecule has 0 saturated carbocycles. The molecule has 0 unspecified atom stereocenters. The molecular weight excluding hydrogens is 695 g/mol. The minimum atomic E-state index is -2.57. The van der Waals surface area contributed by atoms with Gasteiger partial charge in [0.2, 0.25) is 0 Å². The molecule has 13 rings (SSSR count). The first-order chi connectivity index (χ1) is 30.6. The van der Waals surface area contributed by atoms with Gasteiger partial charge in [0.15, 0.2) is 0 Å². The fourth-order valence-corrected chi connectivity index (χ4v) is 9.93. The lowest BCUT2D eigenvalue weighted by Crippen LogP contribution is -2.61. The van der Waals surface area contributed by atoms with Crippen LogP contribution in [0.15, 0.2) is 173 Å². The second-order valence-electron chi connectivity index (χ2n) is 15.1. The van der Waals surface area contributed by atoms with Crippen LogP contribution in [0.25, 0.3) is 65.4 Å². The Hall–Kier alpha value is -7.24. The number of rotatable bonds is 2. The van der Waals surface area contributed by atoms with Gasteiger partial charge in [0, 0.05) is 52.5 Å². The molecule has 2 aliphatic rings. The fraction of sp³-hybridized carbons (Fsp3) is 0.0385. The molecule has 4 nitrogen and oxygen atoms in total. The summed E-state index contributed by atoms with van der Waals surface area (Å²) >= 11 is 0. The van der Waals surface area contributed by atoms with Crippen molar-refractivity contribution in [3.63, 3.8) is 0 Å². The molecular formula is C52H33BN2O2. The van der Waals surface area contributed by atoms with Crippen molar-refractivity contribution >= 4 is 123 Å². The number of aryl methyl sites for hydroxylation is 2. The van der Waals surface area contributed by atoms with Gasteiger partial charge in [0.25, 0.3) is 6.71 Å². The molecule has 266 valence electrons. The monoisotopic (exact) mass is 734 g/mol. The van der Waals surface area contributed by atoms with Crippen LogP contribution in [-0.4, -0.2) is 6.71 Å². The van der Waals surface area contributed by atoms with Gasteiger partial charge in [0.1, 0.15) is 22.3 Å². The van der Waals surface area contributed by atoms with Gasteiger partial charge in [0.05, 0.1) is 22.1 Å². The molecule has 4 heterocycles. The predicted molar refractivity (Wildman–Crippen MR) is 240 cm³/mol.